The quantitative estimate of drug-likeness (QED) is 0.612. The predicted molar refractivity (Wildman–Crippen MR) is 82.8 cm³/mol. The molecule has 0 aliphatic carbocycles. The maximum atomic E-state index is 5.71. The highest BCUT2D eigenvalue weighted by Crippen LogP contribution is 2.27. The van der Waals surface area contributed by atoms with E-state index in [2.05, 4.69) is 15.7 Å². The van der Waals surface area contributed by atoms with E-state index >= 15 is 0 Å². The van der Waals surface area contributed by atoms with Crippen molar-refractivity contribution in [1.29, 1.82) is 0 Å². The van der Waals surface area contributed by atoms with Gasteiger partial charge in [0, 0.05) is 19.8 Å². The van der Waals surface area contributed by atoms with Gasteiger partial charge in [-0.2, -0.15) is 5.10 Å². The van der Waals surface area contributed by atoms with E-state index in [0.29, 0.717) is 6.54 Å². The van der Waals surface area contributed by atoms with E-state index in [-0.39, 0.29) is 0 Å². The molecule has 1 aromatic carbocycles. The lowest BCUT2D eigenvalue weighted by molar-refractivity contribution is 0.959. The van der Waals surface area contributed by atoms with Crippen LogP contribution in [-0.4, -0.2) is 19.2 Å². The summed E-state index contributed by atoms with van der Waals surface area (Å²) in [5.41, 5.74) is 10.9. The van der Waals surface area contributed by atoms with Crippen LogP contribution >= 0.6 is 0 Å². The van der Waals surface area contributed by atoms with E-state index in [9.17, 15) is 0 Å². The molecular formula is C16H15N5. The van der Waals surface area contributed by atoms with Crippen LogP contribution in [0.1, 0.15) is 5.56 Å². The van der Waals surface area contributed by atoms with Crippen molar-refractivity contribution in [2.45, 2.75) is 6.54 Å². The molecule has 2 N–H and O–H groups in total. The number of hydrogen-bond acceptors (Lipinski definition) is 3. The molecule has 5 heteroatoms. The number of nitrogens with zero attached hydrogens (tertiary/aromatic N) is 4. The van der Waals surface area contributed by atoms with Gasteiger partial charge in [0.1, 0.15) is 5.82 Å². The van der Waals surface area contributed by atoms with Crippen LogP contribution in [0.2, 0.25) is 0 Å². The molecule has 0 radical (unpaired) electrons. The van der Waals surface area contributed by atoms with Crippen LogP contribution in [0, 0.1) is 0 Å². The first-order valence-corrected chi connectivity index (χ1v) is 6.86. The third-order valence-electron chi connectivity index (χ3n) is 3.85. The first kappa shape index (κ1) is 12.1. The molecule has 0 amide bonds. The van der Waals surface area contributed by atoms with Gasteiger partial charge in [0.2, 0.25) is 0 Å². The average Bonchev–Trinajstić information content (AvgIpc) is 3.08. The van der Waals surface area contributed by atoms with Gasteiger partial charge in [-0.15, -0.1) is 0 Å². The van der Waals surface area contributed by atoms with Crippen molar-refractivity contribution >= 4 is 16.6 Å². The first-order chi connectivity index (χ1) is 10.3. The zero-order valence-corrected chi connectivity index (χ0v) is 11.7. The summed E-state index contributed by atoms with van der Waals surface area (Å²) in [6.07, 6.45) is 3.80. The molecule has 0 fully saturated rings. The van der Waals surface area contributed by atoms with Gasteiger partial charge in [0.05, 0.1) is 28.3 Å². The van der Waals surface area contributed by atoms with Gasteiger partial charge in [-0.1, -0.05) is 12.1 Å². The topological polar surface area (TPSA) is 61.1 Å². The Morgan fingerprint density at radius 1 is 1.14 bits per heavy atom. The van der Waals surface area contributed by atoms with Gasteiger partial charge in [0.15, 0.2) is 0 Å². The Kier molecular flexibility index (Phi) is 2.55. The lowest BCUT2D eigenvalue weighted by atomic mass is 10.2. The van der Waals surface area contributed by atoms with Crippen LogP contribution in [-0.2, 0) is 13.6 Å². The molecule has 0 atom stereocenters. The summed E-state index contributed by atoms with van der Waals surface area (Å²) in [7, 11) is 2.03. The number of rotatable bonds is 2. The molecule has 0 bridgehead atoms. The number of aromatic nitrogens is 4. The molecule has 104 valence electrons. The normalized spacial score (nSPS) is 11.5. The largest absolute Gasteiger partial charge is 0.327 e. The highest BCUT2D eigenvalue weighted by molar-refractivity contribution is 5.85. The molecule has 3 heterocycles. The van der Waals surface area contributed by atoms with E-state index in [4.69, 9.17) is 10.7 Å². The van der Waals surface area contributed by atoms with Crippen LogP contribution in [0.4, 0.5) is 0 Å². The number of pyridine rings is 1. The molecule has 4 rings (SSSR count). The second-order valence-corrected chi connectivity index (χ2v) is 5.11. The second kappa shape index (κ2) is 4.43. The van der Waals surface area contributed by atoms with Gasteiger partial charge >= 0.3 is 0 Å². The average molecular weight is 277 g/mol. The van der Waals surface area contributed by atoms with E-state index < -0.39 is 0 Å². The van der Waals surface area contributed by atoms with Gasteiger partial charge in [-0.05, 0) is 29.8 Å². The smallest absolute Gasteiger partial charge is 0.144 e. The summed E-state index contributed by atoms with van der Waals surface area (Å²) in [4.78, 5) is 4.77. The zero-order valence-electron chi connectivity index (χ0n) is 11.7. The lowest BCUT2D eigenvalue weighted by Crippen LogP contribution is -1.95. The van der Waals surface area contributed by atoms with Gasteiger partial charge in [-0.25, -0.2) is 9.50 Å². The zero-order chi connectivity index (χ0) is 14.4. The SMILES string of the molecule is Cn1c(-c2cnn3ccccc23)nc2cc(CN)ccc21. The maximum Gasteiger partial charge on any atom is 0.144 e. The summed E-state index contributed by atoms with van der Waals surface area (Å²) in [6.45, 7) is 0.526. The fourth-order valence-corrected chi connectivity index (χ4v) is 2.72. The summed E-state index contributed by atoms with van der Waals surface area (Å²) in [5.74, 6) is 0.917. The summed E-state index contributed by atoms with van der Waals surface area (Å²) in [5, 5.41) is 4.38. The fourth-order valence-electron chi connectivity index (χ4n) is 2.72. The minimum atomic E-state index is 0.526. The van der Waals surface area contributed by atoms with E-state index in [1.54, 1.807) is 0 Å². The van der Waals surface area contributed by atoms with Crippen molar-refractivity contribution in [3.63, 3.8) is 0 Å². The Balaban J connectivity index is 2.00. The third-order valence-corrected chi connectivity index (χ3v) is 3.85. The molecule has 0 spiro atoms. The maximum absolute atomic E-state index is 5.71. The molecule has 0 saturated heterocycles. The second-order valence-electron chi connectivity index (χ2n) is 5.11. The number of benzene rings is 1. The highest BCUT2D eigenvalue weighted by Gasteiger charge is 2.14. The van der Waals surface area contributed by atoms with Crippen LogP contribution in [0.25, 0.3) is 27.9 Å². The van der Waals surface area contributed by atoms with Crippen molar-refractivity contribution < 1.29 is 0 Å². The first-order valence-electron chi connectivity index (χ1n) is 6.86. The molecule has 0 aliphatic heterocycles. The Hall–Kier alpha value is -2.66. The van der Waals surface area contributed by atoms with Gasteiger partial charge < -0.3 is 10.3 Å². The fraction of sp³-hybridized carbons (Fsp3) is 0.125. The van der Waals surface area contributed by atoms with Crippen molar-refractivity contribution in [3.05, 3.63) is 54.4 Å². The molecule has 5 nitrogen and oxygen atoms in total. The van der Waals surface area contributed by atoms with E-state index in [0.717, 1.165) is 33.5 Å². The molecule has 21 heavy (non-hydrogen) atoms. The van der Waals surface area contributed by atoms with E-state index in [1.165, 1.54) is 0 Å². The third kappa shape index (κ3) is 1.75. The van der Waals surface area contributed by atoms with Crippen molar-refractivity contribution in [2.24, 2.45) is 12.8 Å². The molecule has 3 aromatic heterocycles. The van der Waals surface area contributed by atoms with Crippen LogP contribution in [0.15, 0.2) is 48.8 Å². The number of aryl methyl sites for hydroxylation is 1. The van der Waals surface area contributed by atoms with Crippen LogP contribution in [0.5, 0.6) is 0 Å². The van der Waals surface area contributed by atoms with Gasteiger partial charge in [0.25, 0.3) is 0 Å². The molecule has 0 unspecified atom stereocenters. The van der Waals surface area contributed by atoms with Crippen LogP contribution in [0.3, 0.4) is 0 Å². The van der Waals surface area contributed by atoms with Gasteiger partial charge in [-0.3, -0.25) is 0 Å². The van der Waals surface area contributed by atoms with Crippen molar-refractivity contribution in [3.8, 4) is 11.4 Å². The number of fused-ring (bicyclic) bond motifs is 2. The molecule has 0 aliphatic rings. The number of hydrogen-bond donors (Lipinski definition) is 1. The summed E-state index contributed by atoms with van der Waals surface area (Å²) in [6, 6.07) is 12.2. The summed E-state index contributed by atoms with van der Waals surface area (Å²) >= 11 is 0. The van der Waals surface area contributed by atoms with Crippen molar-refractivity contribution in [1.82, 2.24) is 19.2 Å². The van der Waals surface area contributed by atoms with Crippen LogP contribution < -0.4 is 5.73 Å². The minimum absolute atomic E-state index is 0.526. The van der Waals surface area contributed by atoms with Crippen molar-refractivity contribution in [2.75, 3.05) is 0 Å². The molecular weight excluding hydrogens is 262 g/mol. The Morgan fingerprint density at radius 2 is 2.05 bits per heavy atom. The minimum Gasteiger partial charge on any atom is -0.327 e. The highest BCUT2D eigenvalue weighted by atomic mass is 15.2. The molecule has 4 aromatic rings. The number of nitrogens with two attached hydrogens (primary N) is 1. The monoisotopic (exact) mass is 277 g/mol. The van der Waals surface area contributed by atoms with E-state index in [1.807, 2.05) is 54.3 Å². The predicted octanol–water partition coefficient (Wildman–Crippen LogP) is 2.35. The Bertz CT molecular complexity index is 948. The Labute approximate surface area is 121 Å². The standard InChI is InChI=1S/C16H15N5/c1-20-15-6-5-11(9-17)8-13(15)19-16(20)12-10-18-21-7-3-2-4-14(12)21/h2-8,10H,9,17H2,1H3. The molecule has 0 saturated carbocycles. The Morgan fingerprint density at radius 3 is 2.90 bits per heavy atom. The lowest BCUT2D eigenvalue weighted by Gasteiger charge is -2.01. The number of imidazole rings is 1. The summed E-state index contributed by atoms with van der Waals surface area (Å²) < 4.78 is 3.96.